The number of hydrogen-bond donors (Lipinski definition) is 4. The molecule has 0 aromatic heterocycles. The second-order valence-electron chi connectivity index (χ2n) is 15.9. The molecule has 0 aliphatic carbocycles. The molecular formula is C54H95Br2ClN4O22. The number of allylic oxidation sites excluding steroid dienone is 1. The van der Waals surface area contributed by atoms with Gasteiger partial charge in [-0.1, -0.05) is 92.1 Å². The summed E-state index contributed by atoms with van der Waals surface area (Å²) in [7, 11) is 12.4. The van der Waals surface area contributed by atoms with Crippen molar-refractivity contribution < 1.29 is 107 Å². The molecular weight excluding hydrogens is 1250 g/mol. The first kappa shape index (κ1) is 102. The Morgan fingerprint density at radius 2 is 0.795 bits per heavy atom. The maximum Gasteiger partial charge on any atom is 0.309 e. The number of halogens is 3. The average molecular weight is 1350 g/mol. The van der Waals surface area contributed by atoms with Gasteiger partial charge < -0.3 is 53.9 Å². The lowest BCUT2D eigenvalue weighted by Crippen LogP contribution is -2.36. The number of carboxylic acids is 2. The number of methoxy groups -OCH3 is 5. The van der Waals surface area contributed by atoms with Crippen LogP contribution in [0.2, 0.25) is 0 Å². The summed E-state index contributed by atoms with van der Waals surface area (Å²) in [5, 5.41) is 40.3. The number of aldehydes is 2. The normalized spacial score (nSPS) is 12.7. The lowest BCUT2D eigenvalue weighted by Gasteiger charge is -2.21. The molecule has 0 aliphatic rings. The maximum absolute atomic E-state index is 11.5. The Kier molecular flexibility index (Phi) is 85.5. The van der Waals surface area contributed by atoms with Gasteiger partial charge in [-0.15, -0.1) is 29.8 Å². The van der Waals surface area contributed by atoms with Gasteiger partial charge in [0.25, 0.3) is 5.97 Å². The van der Waals surface area contributed by atoms with Gasteiger partial charge in [0.05, 0.1) is 94.6 Å². The minimum Gasteiger partial charge on any atom is -0.481 e. The molecule has 0 heterocycles. The minimum atomic E-state index is -0.983. The molecule has 29 heteroatoms. The van der Waals surface area contributed by atoms with Crippen LogP contribution >= 0.6 is 43.5 Å². The number of nitrogens with zero attached hydrogens (tertiary/aromatic N) is 4. The van der Waals surface area contributed by atoms with Crippen LogP contribution in [0.4, 0.5) is 0 Å². The second kappa shape index (κ2) is 69.8. The van der Waals surface area contributed by atoms with E-state index in [1.54, 1.807) is 76.3 Å². The minimum absolute atomic E-state index is 0.00731. The zero-order valence-electron chi connectivity index (χ0n) is 52.8. The highest BCUT2D eigenvalue weighted by atomic mass is 79.9. The predicted molar refractivity (Wildman–Crippen MR) is 322 cm³/mol. The monoisotopic (exact) mass is 1340 g/mol. The van der Waals surface area contributed by atoms with Crippen LogP contribution < -0.4 is 0 Å². The number of ether oxygens (including phenoxy) is 5. The summed E-state index contributed by atoms with van der Waals surface area (Å²) in [6.45, 7) is 25.7. The molecule has 0 radical (unpaired) electrons. The number of carbonyl (C=O) groups is 11. The van der Waals surface area contributed by atoms with Crippen LogP contribution in [0.3, 0.4) is 0 Å². The molecule has 0 saturated heterocycles. The number of aliphatic carboxylic acids is 2. The van der Waals surface area contributed by atoms with Crippen LogP contribution in [0.1, 0.15) is 111 Å². The van der Waals surface area contributed by atoms with Crippen molar-refractivity contribution in [2.75, 3.05) is 63.9 Å². The van der Waals surface area contributed by atoms with Crippen molar-refractivity contribution >= 4 is 121 Å². The summed E-state index contributed by atoms with van der Waals surface area (Å²) < 4.78 is 23.4. The van der Waals surface area contributed by atoms with Crippen molar-refractivity contribution in [1.82, 2.24) is 10.1 Å². The van der Waals surface area contributed by atoms with Gasteiger partial charge in [0.1, 0.15) is 17.7 Å². The van der Waals surface area contributed by atoms with E-state index in [2.05, 4.69) is 95.4 Å². The van der Waals surface area contributed by atoms with Gasteiger partial charge >= 0.3 is 35.8 Å². The van der Waals surface area contributed by atoms with Gasteiger partial charge in [-0.25, -0.2) is 10.1 Å². The molecule has 0 bridgehead atoms. The van der Waals surface area contributed by atoms with Gasteiger partial charge in [-0.3, -0.25) is 52.8 Å². The van der Waals surface area contributed by atoms with E-state index >= 15 is 0 Å². The second-order valence-corrected chi connectivity index (χ2v) is 19.1. The SMILES string of the molecule is C#CC.C#CC.CC(=O)O.CC=C(Br)Br.CC=O.COC(=O)C(C)C(C)/C(Cl)=N/O.COC(=O)C(C)C(C)/C=N/O.COC(=O)C(C)C(C)C(=O)N(C)OC.COC(=O)C(C)C(C)C(=O)O.COC(=O)C(C)C(C)C=O.CON(C)C(C)=O. The molecule has 2 amide bonds. The summed E-state index contributed by atoms with van der Waals surface area (Å²) in [6.07, 6.45) is 13.9. The summed E-state index contributed by atoms with van der Waals surface area (Å²) in [5.74, 6) is -3.43. The Labute approximate surface area is 513 Å². The summed E-state index contributed by atoms with van der Waals surface area (Å²) >= 11 is 11.8. The van der Waals surface area contributed by atoms with Crippen LogP contribution in [-0.4, -0.2) is 172 Å². The van der Waals surface area contributed by atoms with Gasteiger partial charge in [0, 0.05) is 51.9 Å². The van der Waals surface area contributed by atoms with E-state index in [1.165, 1.54) is 90.7 Å². The van der Waals surface area contributed by atoms with Crippen LogP contribution in [0.15, 0.2) is 19.8 Å². The van der Waals surface area contributed by atoms with E-state index in [4.69, 9.17) is 46.7 Å². The Morgan fingerprint density at radius 1 is 0.542 bits per heavy atom. The maximum atomic E-state index is 11.5. The molecule has 10 unspecified atom stereocenters. The molecule has 4 N–H and O–H groups in total. The van der Waals surface area contributed by atoms with Gasteiger partial charge in [-0.05, 0) is 59.6 Å². The smallest absolute Gasteiger partial charge is 0.309 e. The first-order valence-corrected chi connectivity index (χ1v) is 26.2. The number of esters is 5. The number of hydroxylamine groups is 4. The Hall–Kier alpha value is -6.46. The third kappa shape index (κ3) is 69.7. The number of amides is 2. The fourth-order valence-corrected chi connectivity index (χ4v) is 3.74. The van der Waals surface area contributed by atoms with E-state index in [-0.39, 0.29) is 64.5 Å². The van der Waals surface area contributed by atoms with Gasteiger partial charge in [-0.2, -0.15) is 0 Å². The van der Waals surface area contributed by atoms with Crippen molar-refractivity contribution in [2.45, 2.75) is 111 Å². The van der Waals surface area contributed by atoms with E-state index in [9.17, 15) is 43.2 Å². The van der Waals surface area contributed by atoms with Crippen molar-refractivity contribution in [3.8, 4) is 24.7 Å². The van der Waals surface area contributed by atoms with Crippen molar-refractivity contribution in [3.63, 3.8) is 0 Å². The van der Waals surface area contributed by atoms with E-state index in [0.29, 0.717) is 0 Å². The first-order valence-electron chi connectivity index (χ1n) is 24.2. The molecule has 0 aromatic carbocycles. The fraction of sp³-hybridized carbons (Fsp3) is 0.648. The zero-order valence-corrected chi connectivity index (χ0v) is 56.7. The molecule has 0 aliphatic heterocycles. The Morgan fingerprint density at radius 3 is 0.988 bits per heavy atom. The van der Waals surface area contributed by atoms with Gasteiger partial charge in [0.2, 0.25) is 11.8 Å². The highest BCUT2D eigenvalue weighted by Crippen LogP contribution is 2.17. The lowest BCUT2D eigenvalue weighted by atomic mass is 9.95. The average Bonchev–Trinajstić information content (AvgIpc) is 3.46. The van der Waals surface area contributed by atoms with Crippen molar-refractivity contribution in [1.29, 1.82) is 0 Å². The number of terminal acetylenes is 2. The number of rotatable bonds is 17. The highest BCUT2D eigenvalue weighted by molar-refractivity contribution is 9.28. The third-order valence-electron chi connectivity index (χ3n) is 9.98. The third-order valence-corrected chi connectivity index (χ3v) is 11.3. The lowest BCUT2D eigenvalue weighted by molar-refractivity contribution is -0.176. The Bertz CT molecular complexity index is 1940. The summed E-state index contributed by atoms with van der Waals surface area (Å²) in [4.78, 5) is 124. The molecule has 0 rings (SSSR count). The fourth-order valence-electron chi connectivity index (χ4n) is 3.55. The largest absolute Gasteiger partial charge is 0.481 e. The highest BCUT2D eigenvalue weighted by Gasteiger charge is 2.29. The molecule has 0 saturated carbocycles. The van der Waals surface area contributed by atoms with Crippen LogP contribution in [0.5, 0.6) is 0 Å². The van der Waals surface area contributed by atoms with Crippen molar-refractivity contribution in [3.05, 3.63) is 9.47 Å². The predicted octanol–water partition coefficient (Wildman–Crippen LogP) is 8.19. The number of hydrogen-bond acceptors (Lipinski definition) is 22. The first-order chi connectivity index (χ1) is 38.2. The molecule has 0 fully saturated rings. The number of oxime groups is 2. The van der Waals surface area contributed by atoms with Crippen LogP contribution in [0.25, 0.3) is 0 Å². The molecule has 10 atom stereocenters. The van der Waals surface area contributed by atoms with E-state index < -0.39 is 53.5 Å². The van der Waals surface area contributed by atoms with E-state index in [0.717, 1.165) is 33.0 Å². The number of carbonyl (C=O) groups excluding carboxylic acids is 9. The van der Waals surface area contributed by atoms with E-state index in [1.807, 2.05) is 13.0 Å². The zero-order chi connectivity index (χ0) is 68.9. The molecule has 484 valence electrons. The number of carboxylic acid groups (broad SMARTS) is 2. The molecule has 0 spiro atoms. The summed E-state index contributed by atoms with van der Waals surface area (Å²) in [6, 6.07) is 0. The topological polar surface area (TPSA) is 364 Å². The molecule has 26 nitrogen and oxygen atoms in total. The standard InChI is InChI=1S/C9H17NO4.C7H12ClNO3.C7H13NO3.C7H12O4.C7H12O3.C4H9NO2.C3H4Br2.2C3H4.C2H4O2.C2H4O/c1-6(7(2)9(12)13-4)8(11)10(3)14-5;1-4(6(8)9-11)5(2)7(10)12-3;1-5(4-8-10)6(2)7(9)11-3;1-4(6(8)9)5(2)7(10)11-3;1-5(4-8)6(2)7(9)10-3;1-4(6)5(2)7-3;1-2-3(4)5;2*1-3-2;1-2(3)4;1-2-3/h6-7H,1-5H3;4-5,11H,1-3H3;4-6,10H,1-3H3;4-5H,1-3H3,(H,8,9);4-6H,1-3H3;1-3H3;2H,1H3;2*1H,2H3;1H3,(H,3,4);2H,1H3/b;9-6-;8-4+;;;;;;;;. The van der Waals surface area contributed by atoms with Gasteiger partial charge in [0.15, 0.2) is 0 Å². The van der Waals surface area contributed by atoms with Crippen LogP contribution in [0, 0.1) is 83.9 Å². The van der Waals surface area contributed by atoms with Crippen LogP contribution in [-0.2, 0) is 86.1 Å². The molecule has 0 aromatic rings. The Balaban J connectivity index is -0.0000000790. The molecule has 83 heavy (non-hydrogen) atoms. The van der Waals surface area contributed by atoms with Crippen molar-refractivity contribution in [2.24, 2.45) is 69.5 Å². The summed E-state index contributed by atoms with van der Waals surface area (Å²) in [5.41, 5.74) is 0. The quantitative estimate of drug-likeness (QED) is 0.0203.